The third-order valence-corrected chi connectivity index (χ3v) is 5.34. The van der Waals surface area contributed by atoms with Crippen LogP contribution in [0.1, 0.15) is 21.6 Å². The van der Waals surface area contributed by atoms with Crippen molar-refractivity contribution in [3.63, 3.8) is 0 Å². The highest BCUT2D eigenvalue weighted by Crippen LogP contribution is 2.33. The molecule has 0 aliphatic heterocycles. The Kier molecular flexibility index (Phi) is 5.09. The monoisotopic (exact) mass is 442 g/mol. The van der Waals surface area contributed by atoms with E-state index in [4.69, 9.17) is 40.2 Å². The predicted molar refractivity (Wildman–Crippen MR) is 118 cm³/mol. The van der Waals surface area contributed by atoms with Crippen molar-refractivity contribution < 1.29 is 9.90 Å². The van der Waals surface area contributed by atoms with Gasteiger partial charge in [-0.2, -0.15) is 0 Å². The van der Waals surface area contributed by atoms with Gasteiger partial charge < -0.3 is 9.67 Å². The molecule has 0 saturated heterocycles. The van der Waals surface area contributed by atoms with Crippen LogP contribution in [0, 0.1) is 5.41 Å². The standard InChI is InChI=1S/C22H13Cl3N2O2/c23-13-3-1-12(2-4-13)20(26)19-17-10-7-15(25)11-18(17)27(21(19)22(28)29)16-8-5-14(24)6-9-16/h1-11,26H,(H,28,29). The topological polar surface area (TPSA) is 66.1 Å². The molecule has 3 aromatic carbocycles. The van der Waals surface area contributed by atoms with Crippen molar-refractivity contribution in [2.75, 3.05) is 0 Å². The Morgan fingerprint density at radius 1 is 0.828 bits per heavy atom. The van der Waals surface area contributed by atoms with Crippen LogP contribution >= 0.6 is 34.8 Å². The van der Waals surface area contributed by atoms with Crippen molar-refractivity contribution >= 4 is 57.4 Å². The minimum atomic E-state index is -1.15. The molecule has 0 saturated carbocycles. The van der Waals surface area contributed by atoms with Crippen molar-refractivity contribution in [1.82, 2.24) is 4.57 Å². The van der Waals surface area contributed by atoms with Crippen LogP contribution in [0.2, 0.25) is 15.1 Å². The number of aromatic carboxylic acids is 1. The molecule has 0 aliphatic carbocycles. The fraction of sp³-hybridized carbons (Fsp3) is 0. The SMILES string of the molecule is N=C(c1ccc(Cl)cc1)c1c(C(=O)O)n(-c2ccc(Cl)cc2)c2cc(Cl)ccc12. The zero-order valence-corrected chi connectivity index (χ0v) is 17.1. The number of rotatable bonds is 4. The van der Waals surface area contributed by atoms with Gasteiger partial charge in [0.15, 0.2) is 0 Å². The molecular weight excluding hydrogens is 431 g/mol. The number of nitrogens with one attached hydrogen (secondary N) is 1. The minimum Gasteiger partial charge on any atom is -0.477 e. The number of halogens is 3. The largest absolute Gasteiger partial charge is 0.477 e. The maximum absolute atomic E-state index is 12.3. The lowest BCUT2D eigenvalue weighted by Crippen LogP contribution is -2.13. The summed E-state index contributed by atoms with van der Waals surface area (Å²) in [6.45, 7) is 0. The lowest BCUT2D eigenvalue weighted by molar-refractivity contribution is 0.0688. The van der Waals surface area contributed by atoms with Crippen LogP contribution in [0.5, 0.6) is 0 Å². The molecule has 7 heteroatoms. The van der Waals surface area contributed by atoms with E-state index in [1.54, 1.807) is 71.3 Å². The average Bonchev–Trinajstić information content (AvgIpc) is 3.03. The first-order valence-electron chi connectivity index (χ1n) is 8.55. The Morgan fingerprint density at radius 2 is 1.38 bits per heavy atom. The van der Waals surface area contributed by atoms with E-state index in [2.05, 4.69) is 0 Å². The van der Waals surface area contributed by atoms with Gasteiger partial charge in [0.25, 0.3) is 0 Å². The Labute approximate surface area is 181 Å². The molecule has 0 atom stereocenters. The van der Waals surface area contributed by atoms with E-state index in [-0.39, 0.29) is 11.4 Å². The molecule has 0 unspecified atom stereocenters. The van der Waals surface area contributed by atoms with Crippen LogP contribution in [0.3, 0.4) is 0 Å². The molecule has 0 aliphatic rings. The van der Waals surface area contributed by atoms with Gasteiger partial charge in [0, 0.05) is 37.3 Å². The zero-order valence-electron chi connectivity index (χ0n) is 14.8. The molecule has 4 rings (SSSR count). The van der Waals surface area contributed by atoms with Gasteiger partial charge in [-0.1, -0.05) is 53.0 Å². The van der Waals surface area contributed by atoms with Gasteiger partial charge in [-0.15, -0.1) is 0 Å². The highest BCUT2D eigenvalue weighted by atomic mass is 35.5. The number of benzene rings is 3. The number of fused-ring (bicyclic) bond motifs is 1. The van der Waals surface area contributed by atoms with Gasteiger partial charge in [-0.3, -0.25) is 5.41 Å². The summed E-state index contributed by atoms with van der Waals surface area (Å²) in [7, 11) is 0. The zero-order chi connectivity index (χ0) is 20.7. The number of nitrogens with zero attached hydrogens (tertiary/aromatic N) is 1. The Balaban J connectivity index is 2.08. The summed E-state index contributed by atoms with van der Waals surface area (Å²) < 4.78 is 1.58. The van der Waals surface area contributed by atoms with Crippen molar-refractivity contribution in [3.8, 4) is 5.69 Å². The summed E-state index contributed by atoms with van der Waals surface area (Å²) >= 11 is 18.2. The fourth-order valence-corrected chi connectivity index (χ4v) is 3.75. The number of hydrogen-bond acceptors (Lipinski definition) is 2. The van der Waals surface area contributed by atoms with Crippen LogP contribution in [0.25, 0.3) is 16.6 Å². The average molecular weight is 444 g/mol. The van der Waals surface area contributed by atoms with E-state index in [1.807, 2.05) is 0 Å². The molecule has 29 heavy (non-hydrogen) atoms. The lowest BCUT2D eigenvalue weighted by Gasteiger charge is -2.10. The van der Waals surface area contributed by atoms with Gasteiger partial charge in [-0.05, 0) is 48.5 Å². The Morgan fingerprint density at radius 3 is 1.97 bits per heavy atom. The molecule has 0 radical (unpaired) electrons. The third kappa shape index (κ3) is 3.51. The molecule has 0 spiro atoms. The number of hydrogen-bond donors (Lipinski definition) is 2. The normalized spacial score (nSPS) is 11.0. The van der Waals surface area contributed by atoms with Gasteiger partial charge in [-0.25, -0.2) is 4.79 Å². The third-order valence-electron chi connectivity index (χ3n) is 4.60. The van der Waals surface area contributed by atoms with Crippen LogP contribution < -0.4 is 0 Å². The quantitative estimate of drug-likeness (QED) is 0.344. The highest BCUT2D eigenvalue weighted by molar-refractivity contribution is 6.32. The second kappa shape index (κ2) is 7.56. The van der Waals surface area contributed by atoms with Gasteiger partial charge >= 0.3 is 5.97 Å². The summed E-state index contributed by atoms with van der Waals surface area (Å²) in [5.74, 6) is -1.15. The van der Waals surface area contributed by atoms with Crippen molar-refractivity contribution in [2.24, 2.45) is 0 Å². The lowest BCUT2D eigenvalue weighted by atomic mass is 9.99. The van der Waals surface area contributed by atoms with E-state index >= 15 is 0 Å². The molecule has 4 aromatic rings. The Hall–Kier alpha value is -2.79. The summed E-state index contributed by atoms with van der Waals surface area (Å²) in [5.41, 5.74) is 2.12. The van der Waals surface area contributed by atoms with E-state index in [0.29, 0.717) is 42.8 Å². The first-order chi connectivity index (χ1) is 13.9. The first kappa shape index (κ1) is 19.5. The Bertz CT molecular complexity index is 1260. The number of carbonyl (C=O) groups is 1. The molecule has 4 nitrogen and oxygen atoms in total. The van der Waals surface area contributed by atoms with E-state index in [9.17, 15) is 9.90 Å². The molecule has 144 valence electrons. The molecule has 0 amide bonds. The van der Waals surface area contributed by atoms with Crippen LogP contribution in [0.15, 0.2) is 66.7 Å². The van der Waals surface area contributed by atoms with Crippen molar-refractivity contribution in [1.29, 1.82) is 5.41 Å². The smallest absolute Gasteiger partial charge is 0.353 e. The van der Waals surface area contributed by atoms with Crippen LogP contribution in [0.4, 0.5) is 0 Å². The highest BCUT2D eigenvalue weighted by Gasteiger charge is 2.26. The molecule has 0 bridgehead atoms. The van der Waals surface area contributed by atoms with E-state index in [1.165, 1.54) is 0 Å². The van der Waals surface area contributed by atoms with Crippen molar-refractivity contribution in [2.45, 2.75) is 0 Å². The minimum absolute atomic E-state index is 0.0236. The molecule has 1 aromatic heterocycles. The molecule has 2 N–H and O–H groups in total. The molecule has 1 heterocycles. The number of carboxylic acids is 1. The maximum atomic E-state index is 12.3. The van der Waals surface area contributed by atoms with Crippen molar-refractivity contribution in [3.05, 3.63) is 98.6 Å². The van der Waals surface area contributed by atoms with E-state index in [0.717, 1.165) is 0 Å². The maximum Gasteiger partial charge on any atom is 0.353 e. The number of carboxylic acid groups (broad SMARTS) is 1. The summed E-state index contributed by atoms with van der Waals surface area (Å²) in [5, 5.41) is 21.0. The second-order valence-corrected chi connectivity index (χ2v) is 7.69. The fourth-order valence-electron chi connectivity index (χ4n) is 3.34. The van der Waals surface area contributed by atoms with Gasteiger partial charge in [0.05, 0.1) is 11.2 Å². The summed E-state index contributed by atoms with van der Waals surface area (Å²) in [4.78, 5) is 12.3. The summed E-state index contributed by atoms with van der Waals surface area (Å²) in [6, 6.07) is 18.6. The molecule has 0 fully saturated rings. The predicted octanol–water partition coefficient (Wildman–Crippen LogP) is 6.71. The number of aromatic nitrogens is 1. The van der Waals surface area contributed by atoms with Crippen LogP contribution in [-0.2, 0) is 0 Å². The second-order valence-electron chi connectivity index (χ2n) is 6.38. The van der Waals surface area contributed by atoms with E-state index < -0.39 is 5.97 Å². The first-order valence-corrected chi connectivity index (χ1v) is 9.68. The summed E-state index contributed by atoms with van der Waals surface area (Å²) in [6.07, 6.45) is 0. The molecular formula is C22H13Cl3N2O2. The van der Waals surface area contributed by atoms with Gasteiger partial charge in [0.1, 0.15) is 5.69 Å². The van der Waals surface area contributed by atoms with Crippen LogP contribution in [-0.4, -0.2) is 21.4 Å². The van der Waals surface area contributed by atoms with Gasteiger partial charge in [0.2, 0.25) is 0 Å².